The normalized spacial score (nSPS) is 10.7. The lowest BCUT2D eigenvalue weighted by molar-refractivity contribution is 1.37. The maximum absolute atomic E-state index is 6.05. The van der Waals surface area contributed by atoms with Crippen molar-refractivity contribution in [1.29, 1.82) is 0 Å². The Bertz CT molecular complexity index is 706. The number of halogens is 2. The van der Waals surface area contributed by atoms with Crippen molar-refractivity contribution < 1.29 is 0 Å². The minimum Gasteiger partial charge on any atom is -0.245 e. The highest BCUT2D eigenvalue weighted by molar-refractivity contribution is 7.13. The molecule has 0 radical (unpaired) electrons. The van der Waals surface area contributed by atoms with Gasteiger partial charge in [0.25, 0.3) is 0 Å². The number of benzene rings is 2. The van der Waals surface area contributed by atoms with Crippen molar-refractivity contribution in [3.8, 4) is 21.7 Å². The molecule has 0 unspecified atom stereocenters. The predicted octanol–water partition coefficient (Wildman–Crippen LogP) is 5.87. The highest BCUT2D eigenvalue weighted by atomic mass is 35.5. The van der Waals surface area contributed by atoms with Crippen LogP contribution < -0.4 is 0 Å². The van der Waals surface area contributed by atoms with E-state index in [1.165, 1.54) is 0 Å². The quantitative estimate of drug-likeness (QED) is 0.550. The Morgan fingerprint density at radius 1 is 1.00 bits per heavy atom. The third kappa shape index (κ3) is 2.73. The van der Waals surface area contributed by atoms with Gasteiger partial charge in [-0.2, -0.15) is 0 Å². The molecule has 1 nitrogen and oxygen atoms in total. The minimum atomic E-state index is 0.482. The Morgan fingerprint density at radius 3 is 2.40 bits per heavy atom. The van der Waals surface area contributed by atoms with Gasteiger partial charge >= 0.3 is 0 Å². The summed E-state index contributed by atoms with van der Waals surface area (Å²) in [4.78, 5) is 4.36. The smallest absolute Gasteiger partial charge is 0.123 e. The summed E-state index contributed by atoms with van der Waals surface area (Å²) in [6.45, 7) is 0. The molecule has 3 aromatic rings. The summed E-state index contributed by atoms with van der Waals surface area (Å²) in [5, 5.41) is 3.73. The molecule has 0 bridgehead atoms. The van der Waals surface area contributed by atoms with Crippen LogP contribution in [-0.2, 0) is 5.88 Å². The first-order valence-corrected chi connectivity index (χ1v) is 7.92. The highest BCUT2D eigenvalue weighted by Crippen LogP contribution is 2.32. The van der Waals surface area contributed by atoms with Gasteiger partial charge in [0, 0.05) is 28.0 Å². The molecule has 0 spiro atoms. The fourth-order valence-electron chi connectivity index (χ4n) is 2.09. The second kappa shape index (κ2) is 5.96. The highest BCUT2D eigenvalue weighted by Gasteiger charge is 2.08. The molecule has 1 heterocycles. The van der Waals surface area contributed by atoms with E-state index in [0.717, 1.165) is 32.3 Å². The zero-order chi connectivity index (χ0) is 13.9. The third-order valence-corrected chi connectivity index (χ3v) is 4.45. The average molecular weight is 320 g/mol. The van der Waals surface area contributed by atoms with Crippen molar-refractivity contribution in [2.45, 2.75) is 5.88 Å². The largest absolute Gasteiger partial charge is 0.245 e. The van der Waals surface area contributed by atoms with E-state index in [2.05, 4.69) is 23.2 Å². The van der Waals surface area contributed by atoms with Crippen LogP contribution in [-0.4, -0.2) is 4.98 Å². The number of hydrogen-bond acceptors (Lipinski definition) is 2. The lowest BCUT2D eigenvalue weighted by Gasteiger charge is -2.09. The fraction of sp³-hybridized carbons (Fsp3) is 0.0625. The van der Waals surface area contributed by atoms with Gasteiger partial charge in [-0.3, -0.25) is 0 Å². The summed E-state index contributed by atoms with van der Waals surface area (Å²) in [5.74, 6) is 0.482. The standard InChI is InChI=1S/C16H11Cl2NS/c17-10-13-2-1-12(16-19-7-8-20-16)9-15(13)11-3-5-14(18)6-4-11/h1-9H,10H2. The topological polar surface area (TPSA) is 12.9 Å². The summed E-state index contributed by atoms with van der Waals surface area (Å²) in [6.07, 6.45) is 1.82. The molecule has 0 saturated heterocycles. The maximum Gasteiger partial charge on any atom is 0.123 e. The number of thiazole rings is 1. The van der Waals surface area contributed by atoms with Crippen LogP contribution in [0.4, 0.5) is 0 Å². The molecule has 3 rings (SSSR count). The summed E-state index contributed by atoms with van der Waals surface area (Å²) in [6, 6.07) is 14.1. The molecule has 0 amide bonds. The lowest BCUT2D eigenvalue weighted by Crippen LogP contribution is -1.88. The van der Waals surface area contributed by atoms with Crippen molar-refractivity contribution in [1.82, 2.24) is 4.98 Å². The Kier molecular flexibility index (Phi) is 4.06. The van der Waals surface area contributed by atoms with Crippen LogP contribution in [0.1, 0.15) is 5.56 Å². The van der Waals surface area contributed by atoms with E-state index in [9.17, 15) is 0 Å². The van der Waals surface area contributed by atoms with Crippen LogP contribution in [0.25, 0.3) is 21.7 Å². The molecule has 1 aromatic heterocycles. The number of alkyl halides is 1. The van der Waals surface area contributed by atoms with Crippen LogP contribution in [0.3, 0.4) is 0 Å². The molecule has 4 heteroatoms. The van der Waals surface area contributed by atoms with Crippen LogP contribution >= 0.6 is 34.5 Å². The van der Waals surface area contributed by atoms with Crippen molar-refractivity contribution in [3.05, 3.63) is 64.6 Å². The Labute approximate surface area is 131 Å². The fourth-order valence-corrected chi connectivity index (χ4v) is 3.08. The van der Waals surface area contributed by atoms with Gasteiger partial charge in [0.05, 0.1) is 0 Å². The van der Waals surface area contributed by atoms with Gasteiger partial charge in [0.2, 0.25) is 0 Å². The van der Waals surface area contributed by atoms with Gasteiger partial charge in [0.15, 0.2) is 0 Å². The molecule has 0 saturated carbocycles. The molecule has 0 aliphatic heterocycles. The zero-order valence-electron chi connectivity index (χ0n) is 10.5. The molecule has 2 aromatic carbocycles. The number of rotatable bonds is 3. The first kappa shape index (κ1) is 13.6. The average Bonchev–Trinajstić information content (AvgIpc) is 3.02. The Morgan fingerprint density at radius 2 is 1.75 bits per heavy atom. The molecule has 0 fully saturated rings. The van der Waals surface area contributed by atoms with Gasteiger partial charge in [-0.25, -0.2) is 4.98 Å². The molecule has 20 heavy (non-hydrogen) atoms. The van der Waals surface area contributed by atoms with Gasteiger partial charge in [-0.05, 0) is 34.9 Å². The number of hydrogen-bond donors (Lipinski definition) is 0. The van der Waals surface area contributed by atoms with E-state index < -0.39 is 0 Å². The third-order valence-electron chi connectivity index (χ3n) is 3.09. The molecular formula is C16H11Cl2NS. The van der Waals surface area contributed by atoms with Gasteiger partial charge < -0.3 is 0 Å². The second-order valence-electron chi connectivity index (χ2n) is 4.35. The number of nitrogens with zero attached hydrogens (tertiary/aromatic N) is 1. The van der Waals surface area contributed by atoms with E-state index in [4.69, 9.17) is 23.2 Å². The SMILES string of the molecule is ClCc1ccc(-c2nccs2)cc1-c1ccc(Cl)cc1. The molecule has 0 N–H and O–H groups in total. The molecular weight excluding hydrogens is 309 g/mol. The molecule has 0 aliphatic rings. The Hall–Kier alpha value is -1.35. The van der Waals surface area contributed by atoms with Gasteiger partial charge in [-0.1, -0.05) is 35.9 Å². The molecule has 0 atom stereocenters. The van der Waals surface area contributed by atoms with Crippen LogP contribution in [0, 0.1) is 0 Å². The zero-order valence-corrected chi connectivity index (χ0v) is 12.8. The summed E-state index contributed by atoms with van der Waals surface area (Å²) in [7, 11) is 0. The van der Waals surface area contributed by atoms with Crippen molar-refractivity contribution >= 4 is 34.5 Å². The molecule has 100 valence electrons. The lowest BCUT2D eigenvalue weighted by atomic mass is 9.98. The van der Waals surface area contributed by atoms with E-state index in [-0.39, 0.29) is 0 Å². The summed E-state index contributed by atoms with van der Waals surface area (Å²) in [5.41, 5.74) is 4.46. The van der Waals surface area contributed by atoms with Crippen LogP contribution in [0.2, 0.25) is 5.02 Å². The number of aromatic nitrogens is 1. The van der Waals surface area contributed by atoms with E-state index in [1.807, 2.05) is 35.8 Å². The maximum atomic E-state index is 6.05. The van der Waals surface area contributed by atoms with Crippen molar-refractivity contribution in [2.75, 3.05) is 0 Å². The first-order valence-electron chi connectivity index (χ1n) is 6.12. The van der Waals surface area contributed by atoms with Gasteiger partial charge in [0.1, 0.15) is 5.01 Å². The monoisotopic (exact) mass is 319 g/mol. The summed E-state index contributed by atoms with van der Waals surface area (Å²) >= 11 is 13.6. The van der Waals surface area contributed by atoms with Crippen LogP contribution in [0.5, 0.6) is 0 Å². The first-order chi connectivity index (χ1) is 9.78. The minimum absolute atomic E-state index is 0.482. The molecule has 0 aliphatic carbocycles. The van der Waals surface area contributed by atoms with E-state index in [1.54, 1.807) is 11.3 Å². The Balaban J connectivity index is 2.12. The predicted molar refractivity (Wildman–Crippen MR) is 87.6 cm³/mol. The second-order valence-corrected chi connectivity index (χ2v) is 5.95. The van der Waals surface area contributed by atoms with E-state index >= 15 is 0 Å². The van der Waals surface area contributed by atoms with E-state index in [0.29, 0.717) is 5.88 Å². The summed E-state index contributed by atoms with van der Waals surface area (Å²) < 4.78 is 0. The van der Waals surface area contributed by atoms with Crippen LogP contribution in [0.15, 0.2) is 54.0 Å². The van der Waals surface area contributed by atoms with Crippen molar-refractivity contribution in [2.24, 2.45) is 0 Å². The van der Waals surface area contributed by atoms with Gasteiger partial charge in [-0.15, -0.1) is 22.9 Å². The van der Waals surface area contributed by atoms with Crippen molar-refractivity contribution in [3.63, 3.8) is 0 Å².